The summed E-state index contributed by atoms with van der Waals surface area (Å²) in [5.74, 6) is -1.47. The lowest BCUT2D eigenvalue weighted by Gasteiger charge is -2.16. The van der Waals surface area contributed by atoms with Crippen molar-refractivity contribution in [2.45, 2.75) is 25.1 Å². The lowest BCUT2D eigenvalue weighted by Crippen LogP contribution is -2.10. The van der Waals surface area contributed by atoms with Crippen LogP contribution in [0.2, 0.25) is 0 Å². The Hall–Kier alpha value is -0.150. The maximum atomic E-state index is 13.5. The van der Waals surface area contributed by atoms with E-state index in [1.807, 2.05) is 0 Å². The SMILES string of the molecule is CC(Cl)C(C)c1c(F)ccc(Br)c1F. The third-order valence-electron chi connectivity index (χ3n) is 2.22. The Bertz CT molecular complexity index is 339. The van der Waals surface area contributed by atoms with E-state index in [9.17, 15) is 8.78 Å². The zero-order valence-corrected chi connectivity index (χ0v) is 10.2. The van der Waals surface area contributed by atoms with Crippen LogP contribution in [0.5, 0.6) is 0 Å². The van der Waals surface area contributed by atoms with Crippen molar-refractivity contribution < 1.29 is 8.78 Å². The normalized spacial score (nSPS) is 15.3. The molecular weight excluding hydrogens is 273 g/mol. The smallest absolute Gasteiger partial charge is 0.143 e. The zero-order chi connectivity index (χ0) is 10.9. The fraction of sp³-hybridized carbons (Fsp3) is 0.400. The number of alkyl halides is 1. The summed E-state index contributed by atoms with van der Waals surface area (Å²) < 4.78 is 27.1. The van der Waals surface area contributed by atoms with Gasteiger partial charge in [-0.15, -0.1) is 11.6 Å². The highest BCUT2D eigenvalue weighted by Crippen LogP contribution is 2.31. The lowest BCUT2D eigenvalue weighted by atomic mass is 9.97. The molecule has 14 heavy (non-hydrogen) atoms. The van der Waals surface area contributed by atoms with E-state index in [-0.39, 0.29) is 21.3 Å². The summed E-state index contributed by atoms with van der Waals surface area (Å²) in [5, 5.41) is -0.312. The number of halogens is 4. The van der Waals surface area contributed by atoms with Gasteiger partial charge in [-0.2, -0.15) is 0 Å². The molecule has 0 fully saturated rings. The maximum absolute atomic E-state index is 13.5. The van der Waals surface area contributed by atoms with Crippen LogP contribution in [0.25, 0.3) is 0 Å². The summed E-state index contributed by atoms with van der Waals surface area (Å²) in [6, 6.07) is 2.58. The summed E-state index contributed by atoms with van der Waals surface area (Å²) in [4.78, 5) is 0. The molecule has 0 aromatic heterocycles. The second-order valence-electron chi connectivity index (χ2n) is 3.22. The van der Waals surface area contributed by atoms with Gasteiger partial charge in [-0.3, -0.25) is 0 Å². The minimum Gasteiger partial charge on any atom is -0.207 e. The van der Waals surface area contributed by atoms with Crippen molar-refractivity contribution >= 4 is 27.5 Å². The molecule has 0 radical (unpaired) electrons. The van der Waals surface area contributed by atoms with Crippen LogP contribution < -0.4 is 0 Å². The van der Waals surface area contributed by atoms with Gasteiger partial charge in [-0.1, -0.05) is 6.92 Å². The van der Waals surface area contributed by atoms with Gasteiger partial charge < -0.3 is 0 Å². The molecule has 1 aromatic rings. The fourth-order valence-corrected chi connectivity index (χ4v) is 1.66. The summed E-state index contributed by atoms with van der Waals surface area (Å²) >= 11 is 8.82. The van der Waals surface area contributed by atoms with E-state index in [0.29, 0.717) is 0 Å². The number of hydrogen-bond donors (Lipinski definition) is 0. The van der Waals surface area contributed by atoms with E-state index in [1.165, 1.54) is 12.1 Å². The first-order valence-electron chi connectivity index (χ1n) is 4.22. The summed E-state index contributed by atoms with van der Waals surface area (Å²) in [6.45, 7) is 3.41. The number of rotatable bonds is 2. The molecule has 0 saturated heterocycles. The number of benzene rings is 1. The first-order valence-corrected chi connectivity index (χ1v) is 5.45. The molecule has 0 N–H and O–H groups in total. The predicted octanol–water partition coefficient (Wildman–Crippen LogP) is 4.46. The van der Waals surface area contributed by atoms with Crippen LogP contribution in [0.4, 0.5) is 8.78 Å². The minimum absolute atomic E-state index is 0.0434. The standard InChI is InChI=1S/C10H10BrClF2/c1-5(6(2)12)9-8(13)4-3-7(11)10(9)14/h3-6H,1-2H3. The molecule has 0 aliphatic rings. The highest BCUT2D eigenvalue weighted by atomic mass is 79.9. The Kier molecular flexibility index (Phi) is 3.90. The average Bonchev–Trinajstić information content (AvgIpc) is 2.12. The van der Waals surface area contributed by atoms with Crippen LogP contribution in [-0.2, 0) is 0 Å². The monoisotopic (exact) mass is 282 g/mol. The minimum atomic E-state index is -0.565. The molecule has 0 saturated carbocycles. The highest BCUT2D eigenvalue weighted by molar-refractivity contribution is 9.10. The molecule has 0 bridgehead atoms. The molecule has 0 aliphatic carbocycles. The molecule has 4 heteroatoms. The van der Waals surface area contributed by atoms with Gasteiger partial charge in [-0.05, 0) is 35.0 Å². The van der Waals surface area contributed by atoms with Crippen LogP contribution in [-0.4, -0.2) is 5.38 Å². The van der Waals surface area contributed by atoms with Gasteiger partial charge in [0.05, 0.1) is 4.47 Å². The Morgan fingerprint density at radius 3 is 2.36 bits per heavy atom. The third kappa shape index (κ3) is 2.26. The Morgan fingerprint density at radius 1 is 1.29 bits per heavy atom. The second-order valence-corrected chi connectivity index (χ2v) is 4.77. The van der Waals surface area contributed by atoms with Crippen LogP contribution in [0.1, 0.15) is 25.3 Å². The van der Waals surface area contributed by atoms with Crippen molar-refractivity contribution in [3.05, 3.63) is 33.8 Å². The van der Waals surface area contributed by atoms with Crippen molar-refractivity contribution in [3.63, 3.8) is 0 Å². The molecule has 1 rings (SSSR count). The molecule has 2 atom stereocenters. The summed E-state index contributed by atoms with van der Waals surface area (Å²) in [6.07, 6.45) is 0. The molecule has 0 amide bonds. The lowest BCUT2D eigenvalue weighted by molar-refractivity contribution is 0.526. The molecule has 1 aromatic carbocycles. The van der Waals surface area contributed by atoms with Crippen LogP contribution >= 0.6 is 27.5 Å². The van der Waals surface area contributed by atoms with E-state index in [2.05, 4.69) is 15.9 Å². The first-order chi connectivity index (χ1) is 6.45. The average molecular weight is 284 g/mol. The molecule has 78 valence electrons. The predicted molar refractivity (Wildman–Crippen MR) is 57.8 cm³/mol. The van der Waals surface area contributed by atoms with Crippen molar-refractivity contribution in [1.29, 1.82) is 0 Å². The van der Waals surface area contributed by atoms with E-state index in [4.69, 9.17) is 11.6 Å². The quantitative estimate of drug-likeness (QED) is 0.555. The third-order valence-corrected chi connectivity index (χ3v) is 3.21. The van der Waals surface area contributed by atoms with Gasteiger partial charge in [0, 0.05) is 16.9 Å². The van der Waals surface area contributed by atoms with Crippen LogP contribution in [0.15, 0.2) is 16.6 Å². The Morgan fingerprint density at radius 2 is 1.86 bits per heavy atom. The van der Waals surface area contributed by atoms with Crippen molar-refractivity contribution in [2.75, 3.05) is 0 Å². The van der Waals surface area contributed by atoms with Crippen molar-refractivity contribution in [3.8, 4) is 0 Å². The van der Waals surface area contributed by atoms with Crippen LogP contribution in [0, 0.1) is 11.6 Å². The fourth-order valence-electron chi connectivity index (χ4n) is 1.19. The van der Waals surface area contributed by atoms with E-state index in [0.717, 1.165) is 0 Å². The van der Waals surface area contributed by atoms with Crippen LogP contribution in [0.3, 0.4) is 0 Å². The molecular formula is C10H10BrClF2. The zero-order valence-electron chi connectivity index (χ0n) is 7.82. The Labute approximate surface area is 95.4 Å². The molecule has 2 unspecified atom stereocenters. The van der Waals surface area contributed by atoms with Gasteiger partial charge in [0.25, 0.3) is 0 Å². The summed E-state index contributed by atoms with van der Waals surface area (Å²) in [5.41, 5.74) is 0.0434. The van der Waals surface area contributed by atoms with E-state index >= 15 is 0 Å². The van der Waals surface area contributed by atoms with E-state index < -0.39 is 11.6 Å². The van der Waals surface area contributed by atoms with Gasteiger partial charge >= 0.3 is 0 Å². The largest absolute Gasteiger partial charge is 0.207 e. The van der Waals surface area contributed by atoms with Gasteiger partial charge in [0.1, 0.15) is 11.6 Å². The van der Waals surface area contributed by atoms with Gasteiger partial charge in [0.2, 0.25) is 0 Å². The first kappa shape index (κ1) is 11.9. The second kappa shape index (κ2) is 4.58. The maximum Gasteiger partial charge on any atom is 0.143 e. The van der Waals surface area contributed by atoms with E-state index in [1.54, 1.807) is 13.8 Å². The highest BCUT2D eigenvalue weighted by Gasteiger charge is 2.21. The molecule has 0 heterocycles. The van der Waals surface area contributed by atoms with Crippen molar-refractivity contribution in [1.82, 2.24) is 0 Å². The number of hydrogen-bond acceptors (Lipinski definition) is 0. The van der Waals surface area contributed by atoms with Gasteiger partial charge in [0.15, 0.2) is 0 Å². The van der Waals surface area contributed by atoms with Crippen molar-refractivity contribution in [2.24, 2.45) is 0 Å². The van der Waals surface area contributed by atoms with Gasteiger partial charge in [-0.25, -0.2) is 8.78 Å². The summed E-state index contributed by atoms with van der Waals surface area (Å²) in [7, 11) is 0. The topological polar surface area (TPSA) is 0 Å². The Balaban J connectivity index is 3.25. The molecule has 0 spiro atoms. The molecule has 0 aliphatic heterocycles. The molecule has 0 nitrogen and oxygen atoms in total.